The molecule has 0 radical (unpaired) electrons. The van der Waals surface area contributed by atoms with Crippen molar-refractivity contribution in [1.29, 1.82) is 0 Å². The van der Waals surface area contributed by atoms with E-state index in [4.69, 9.17) is 10.6 Å². The van der Waals surface area contributed by atoms with Crippen LogP contribution in [-0.4, -0.2) is 12.5 Å². The molecule has 0 bridgehead atoms. The van der Waals surface area contributed by atoms with Gasteiger partial charge in [0.2, 0.25) is 0 Å². The standard InChI is InChI=1S/C13H20N2O2/c1-8-5-9(2)11(4)12(10(8)3)6-17-7-13(16)15-14/h5H,6-7,14H2,1-4H3,(H,15,16). The SMILES string of the molecule is Cc1cc(C)c(C)c(COCC(=O)NN)c1C. The van der Waals surface area contributed by atoms with E-state index in [2.05, 4.69) is 33.8 Å². The monoisotopic (exact) mass is 236 g/mol. The quantitative estimate of drug-likeness (QED) is 0.472. The second-order valence-electron chi connectivity index (χ2n) is 4.30. The van der Waals surface area contributed by atoms with Crippen molar-refractivity contribution in [2.45, 2.75) is 34.3 Å². The van der Waals surface area contributed by atoms with Crippen LogP contribution in [0.25, 0.3) is 0 Å². The molecule has 1 aromatic rings. The first-order valence-corrected chi connectivity index (χ1v) is 5.60. The molecule has 0 saturated carbocycles. The predicted octanol–water partition coefficient (Wildman–Crippen LogP) is 1.43. The van der Waals surface area contributed by atoms with Crippen molar-refractivity contribution in [2.75, 3.05) is 6.61 Å². The molecule has 0 heterocycles. The van der Waals surface area contributed by atoms with Crippen molar-refractivity contribution in [3.05, 3.63) is 33.9 Å². The third-order valence-corrected chi connectivity index (χ3v) is 3.16. The lowest BCUT2D eigenvalue weighted by molar-refractivity contribution is -0.126. The van der Waals surface area contributed by atoms with Crippen molar-refractivity contribution in [3.8, 4) is 0 Å². The fourth-order valence-corrected chi connectivity index (χ4v) is 1.80. The smallest absolute Gasteiger partial charge is 0.259 e. The summed E-state index contributed by atoms with van der Waals surface area (Å²) in [5.41, 5.74) is 8.14. The summed E-state index contributed by atoms with van der Waals surface area (Å²) in [4.78, 5) is 10.9. The maximum atomic E-state index is 10.9. The number of carbonyl (C=O) groups is 1. The lowest BCUT2D eigenvalue weighted by atomic mass is 9.95. The maximum absolute atomic E-state index is 10.9. The van der Waals surface area contributed by atoms with Gasteiger partial charge in [-0.2, -0.15) is 0 Å². The number of hydrogen-bond donors (Lipinski definition) is 2. The summed E-state index contributed by atoms with van der Waals surface area (Å²) >= 11 is 0. The number of nitrogens with two attached hydrogens (primary N) is 1. The lowest BCUT2D eigenvalue weighted by Crippen LogP contribution is -2.33. The summed E-state index contributed by atoms with van der Waals surface area (Å²) < 4.78 is 5.35. The number of hydrazine groups is 1. The Morgan fingerprint density at radius 2 is 1.76 bits per heavy atom. The molecule has 0 unspecified atom stereocenters. The molecule has 0 spiro atoms. The summed E-state index contributed by atoms with van der Waals surface area (Å²) in [5.74, 6) is 4.66. The van der Waals surface area contributed by atoms with Crippen molar-refractivity contribution in [1.82, 2.24) is 5.43 Å². The highest BCUT2D eigenvalue weighted by atomic mass is 16.5. The number of benzene rings is 1. The van der Waals surface area contributed by atoms with Crippen molar-refractivity contribution < 1.29 is 9.53 Å². The average molecular weight is 236 g/mol. The zero-order valence-electron chi connectivity index (χ0n) is 10.9. The zero-order chi connectivity index (χ0) is 13.0. The normalized spacial score (nSPS) is 10.4. The van der Waals surface area contributed by atoms with Crippen molar-refractivity contribution in [2.24, 2.45) is 5.84 Å². The molecule has 0 fully saturated rings. The number of nitrogens with one attached hydrogen (secondary N) is 1. The van der Waals surface area contributed by atoms with E-state index in [1.165, 1.54) is 22.3 Å². The van der Waals surface area contributed by atoms with Crippen LogP contribution in [0.2, 0.25) is 0 Å². The van der Waals surface area contributed by atoms with Gasteiger partial charge in [-0.15, -0.1) is 0 Å². The summed E-state index contributed by atoms with van der Waals surface area (Å²) in [5, 5.41) is 0. The van der Waals surface area contributed by atoms with Gasteiger partial charge in [0.15, 0.2) is 0 Å². The lowest BCUT2D eigenvalue weighted by Gasteiger charge is -2.15. The van der Waals surface area contributed by atoms with Gasteiger partial charge in [0.25, 0.3) is 5.91 Å². The largest absolute Gasteiger partial charge is 0.367 e. The van der Waals surface area contributed by atoms with E-state index in [9.17, 15) is 4.79 Å². The molecular formula is C13H20N2O2. The van der Waals surface area contributed by atoms with Crippen LogP contribution >= 0.6 is 0 Å². The zero-order valence-corrected chi connectivity index (χ0v) is 10.9. The Hall–Kier alpha value is -1.39. The first-order chi connectivity index (χ1) is 7.97. The molecule has 0 aromatic heterocycles. The summed E-state index contributed by atoms with van der Waals surface area (Å²) in [7, 11) is 0. The Morgan fingerprint density at radius 3 is 2.24 bits per heavy atom. The van der Waals surface area contributed by atoms with Crippen molar-refractivity contribution >= 4 is 5.91 Å². The van der Waals surface area contributed by atoms with Crippen LogP contribution in [0, 0.1) is 27.7 Å². The molecule has 1 amide bonds. The van der Waals surface area contributed by atoms with Gasteiger partial charge in [-0.1, -0.05) is 6.07 Å². The van der Waals surface area contributed by atoms with Gasteiger partial charge in [0, 0.05) is 0 Å². The highest BCUT2D eigenvalue weighted by molar-refractivity contribution is 5.76. The first-order valence-electron chi connectivity index (χ1n) is 5.60. The number of carbonyl (C=O) groups excluding carboxylic acids is 1. The Labute approximate surface area is 102 Å². The van der Waals surface area contributed by atoms with Crippen LogP contribution in [0.15, 0.2) is 6.07 Å². The van der Waals surface area contributed by atoms with E-state index in [1.54, 1.807) is 0 Å². The number of rotatable bonds is 4. The third kappa shape index (κ3) is 3.28. The van der Waals surface area contributed by atoms with E-state index in [0.717, 1.165) is 5.56 Å². The van der Waals surface area contributed by atoms with Gasteiger partial charge in [-0.25, -0.2) is 5.84 Å². The van der Waals surface area contributed by atoms with E-state index in [-0.39, 0.29) is 12.5 Å². The van der Waals surface area contributed by atoms with Gasteiger partial charge in [-0.05, 0) is 55.5 Å². The highest BCUT2D eigenvalue weighted by Crippen LogP contribution is 2.22. The molecule has 0 atom stereocenters. The molecule has 1 rings (SSSR count). The van der Waals surface area contributed by atoms with Crippen LogP contribution in [0.5, 0.6) is 0 Å². The summed E-state index contributed by atoms with van der Waals surface area (Å²) in [6, 6.07) is 2.17. The van der Waals surface area contributed by atoms with Gasteiger partial charge >= 0.3 is 0 Å². The van der Waals surface area contributed by atoms with Crippen LogP contribution in [0.3, 0.4) is 0 Å². The third-order valence-electron chi connectivity index (χ3n) is 3.16. The molecule has 0 saturated heterocycles. The molecule has 4 heteroatoms. The molecule has 17 heavy (non-hydrogen) atoms. The first kappa shape index (κ1) is 13.7. The minimum Gasteiger partial charge on any atom is -0.367 e. The maximum Gasteiger partial charge on any atom is 0.259 e. The second-order valence-corrected chi connectivity index (χ2v) is 4.30. The second kappa shape index (κ2) is 5.80. The van der Waals surface area contributed by atoms with Crippen LogP contribution in [-0.2, 0) is 16.1 Å². The van der Waals surface area contributed by atoms with Crippen LogP contribution in [0.1, 0.15) is 27.8 Å². The Bertz CT molecular complexity index is 402. The molecule has 1 aromatic carbocycles. The van der Waals surface area contributed by atoms with E-state index >= 15 is 0 Å². The molecule has 0 aliphatic heterocycles. The van der Waals surface area contributed by atoms with E-state index in [0.29, 0.717) is 6.61 Å². The Morgan fingerprint density at radius 1 is 1.24 bits per heavy atom. The van der Waals surface area contributed by atoms with Gasteiger partial charge in [0.05, 0.1) is 6.61 Å². The summed E-state index contributed by atoms with van der Waals surface area (Å²) in [6.07, 6.45) is 0. The molecule has 3 N–H and O–H groups in total. The van der Waals surface area contributed by atoms with Crippen LogP contribution < -0.4 is 11.3 Å². The van der Waals surface area contributed by atoms with Crippen molar-refractivity contribution in [3.63, 3.8) is 0 Å². The Kier molecular flexibility index (Phi) is 4.66. The molecule has 0 aliphatic rings. The predicted molar refractivity (Wildman–Crippen MR) is 67.4 cm³/mol. The number of aryl methyl sites for hydroxylation is 2. The Balaban J connectivity index is 2.80. The van der Waals surface area contributed by atoms with Gasteiger partial charge < -0.3 is 4.74 Å². The fraction of sp³-hybridized carbons (Fsp3) is 0.462. The number of hydrogen-bond acceptors (Lipinski definition) is 3. The van der Waals surface area contributed by atoms with Gasteiger partial charge in [-0.3, -0.25) is 10.2 Å². The molecule has 0 aliphatic carbocycles. The van der Waals surface area contributed by atoms with E-state index in [1.807, 2.05) is 5.43 Å². The van der Waals surface area contributed by atoms with E-state index < -0.39 is 0 Å². The highest BCUT2D eigenvalue weighted by Gasteiger charge is 2.09. The summed E-state index contributed by atoms with van der Waals surface area (Å²) in [6.45, 7) is 8.73. The number of ether oxygens (including phenoxy) is 1. The number of amides is 1. The topological polar surface area (TPSA) is 64.3 Å². The molecule has 4 nitrogen and oxygen atoms in total. The molecular weight excluding hydrogens is 216 g/mol. The minimum atomic E-state index is -0.315. The van der Waals surface area contributed by atoms with Gasteiger partial charge in [0.1, 0.15) is 6.61 Å². The fourth-order valence-electron chi connectivity index (χ4n) is 1.80. The molecule has 94 valence electrons. The van der Waals surface area contributed by atoms with Crippen LogP contribution in [0.4, 0.5) is 0 Å². The average Bonchev–Trinajstić information content (AvgIpc) is 2.30. The minimum absolute atomic E-state index is 0.0115.